The van der Waals surface area contributed by atoms with E-state index < -0.39 is 0 Å². The third-order valence-corrected chi connectivity index (χ3v) is 3.86. The molecule has 0 saturated heterocycles. The molecule has 0 aromatic heterocycles. The lowest BCUT2D eigenvalue weighted by Crippen LogP contribution is -2.02. The zero-order valence-corrected chi connectivity index (χ0v) is 12.4. The Labute approximate surface area is 124 Å². The number of hydrogen-bond acceptors (Lipinski definition) is 1. The predicted octanol–water partition coefficient (Wildman–Crippen LogP) is 5.12. The molecule has 4 heteroatoms. The minimum atomic E-state index is -0.122. The van der Waals surface area contributed by atoms with Crippen molar-refractivity contribution in [3.8, 4) is 0 Å². The fourth-order valence-corrected chi connectivity index (χ4v) is 2.72. The van der Waals surface area contributed by atoms with Crippen LogP contribution in [0.2, 0.25) is 10.0 Å². The molecule has 0 aliphatic carbocycles. The summed E-state index contributed by atoms with van der Waals surface area (Å²) in [5.74, 6) is -0.122. The first kappa shape index (κ1) is 13.6. The van der Waals surface area contributed by atoms with Gasteiger partial charge in [0.05, 0.1) is 5.02 Å². The summed E-state index contributed by atoms with van der Waals surface area (Å²) in [6.07, 6.45) is 0. The van der Waals surface area contributed by atoms with Gasteiger partial charge in [-0.05, 0) is 23.8 Å². The van der Waals surface area contributed by atoms with Crippen LogP contribution >= 0.6 is 39.1 Å². The number of ketones is 1. The number of rotatable bonds is 3. The maximum Gasteiger partial charge on any atom is 0.194 e. The van der Waals surface area contributed by atoms with E-state index in [0.717, 1.165) is 5.56 Å². The van der Waals surface area contributed by atoms with E-state index in [9.17, 15) is 4.79 Å². The Hall–Kier alpha value is -0.830. The molecule has 0 aliphatic heterocycles. The first-order valence-corrected chi connectivity index (χ1v) is 7.15. The van der Waals surface area contributed by atoms with Crippen LogP contribution in [0.15, 0.2) is 42.5 Å². The second-order valence-electron chi connectivity index (χ2n) is 3.75. The van der Waals surface area contributed by atoms with Crippen molar-refractivity contribution >= 4 is 44.9 Å². The average molecular weight is 344 g/mol. The van der Waals surface area contributed by atoms with E-state index in [2.05, 4.69) is 15.9 Å². The lowest BCUT2D eigenvalue weighted by atomic mass is 10.0. The van der Waals surface area contributed by atoms with Gasteiger partial charge < -0.3 is 0 Å². The molecule has 2 aromatic carbocycles. The molecule has 0 unspecified atom stereocenters. The molecule has 1 nitrogen and oxygen atoms in total. The van der Waals surface area contributed by atoms with Gasteiger partial charge in [0.2, 0.25) is 0 Å². The first-order valence-electron chi connectivity index (χ1n) is 5.27. The summed E-state index contributed by atoms with van der Waals surface area (Å²) >= 11 is 15.4. The zero-order chi connectivity index (χ0) is 13.1. The van der Waals surface area contributed by atoms with Crippen LogP contribution in [0.4, 0.5) is 0 Å². The first-order chi connectivity index (χ1) is 8.63. The van der Waals surface area contributed by atoms with Gasteiger partial charge in [0.25, 0.3) is 0 Å². The molecule has 2 rings (SSSR count). The Morgan fingerprint density at radius 3 is 2.39 bits per heavy atom. The molecule has 0 spiro atoms. The van der Waals surface area contributed by atoms with E-state index in [1.807, 2.05) is 6.07 Å². The van der Waals surface area contributed by atoms with Crippen molar-refractivity contribution < 1.29 is 4.79 Å². The van der Waals surface area contributed by atoms with Gasteiger partial charge in [0.1, 0.15) is 0 Å². The quantitative estimate of drug-likeness (QED) is 0.558. The predicted molar refractivity (Wildman–Crippen MR) is 79.0 cm³/mol. The Morgan fingerprint density at radius 2 is 1.78 bits per heavy atom. The SMILES string of the molecule is O=C(c1ccc(CBr)c(Cl)c1)c1ccccc1Cl. The van der Waals surface area contributed by atoms with E-state index in [1.54, 1.807) is 36.4 Å². The third kappa shape index (κ3) is 2.77. The summed E-state index contributed by atoms with van der Waals surface area (Å²) in [4.78, 5) is 12.3. The minimum absolute atomic E-state index is 0.122. The molecule has 2 aromatic rings. The molecule has 18 heavy (non-hydrogen) atoms. The Bertz CT molecular complexity index is 596. The summed E-state index contributed by atoms with van der Waals surface area (Å²) < 4.78 is 0. The molecule has 0 saturated carbocycles. The Balaban J connectivity index is 2.41. The van der Waals surface area contributed by atoms with Crippen molar-refractivity contribution in [2.45, 2.75) is 5.33 Å². The summed E-state index contributed by atoms with van der Waals surface area (Å²) in [5.41, 5.74) is 1.98. The van der Waals surface area contributed by atoms with Crippen LogP contribution in [0.3, 0.4) is 0 Å². The molecule has 0 atom stereocenters. The molecular formula is C14H9BrCl2O. The largest absolute Gasteiger partial charge is 0.289 e. The van der Waals surface area contributed by atoms with Gasteiger partial charge in [0.15, 0.2) is 5.78 Å². The molecule has 0 amide bonds. The van der Waals surface area contributed by atoms with Crippen LogP contribution in [0, 0.1) is 0 Å². The van der Waals surface area contributed by atoms with Crippen LogP contribution in [0.5, 0.6) is 0 Å². The van der Waals surface area contributed by atoms with Gasteiger partial charge in [0, 0.05) is 21.5 Å². The number of carbonyl (C=O) groups excluding carboxylic acids is 1. The molecule has 0 aliphatic rings. The smallest absolute Gasteiger partial charge is 0.194 e. The molecule has 0 heterocycles. The van der Waals surface area contributed by atoms with Crippen molar-refractivity contribution in [3.05, 3.63) is 69.2 Å². The van der Waals surface area contributed by atoms with E-state index in [-0.39, 0.29) is 5.78 Å². The van der Waals surface area contributed by atoms with E-state index in [1.165, 1.54) is 0 Å². The number of hydrogen-bond donors (Lipinski definition) is 0. The van der Waals surface area contributed by atoms with Gasteiger partial charge in [-0.1, -0.05) is 63.4 Å². The Kier molecular flexibility index (Phi) is 4.44. The summed E-state index contributed by atoms with van der Waals surface area (Å²) in [5, 5.41) is 1.68. The maximum absolute atomic E-state index is 12.3. The summed E-state index contributed by atoms with van der Waals surface area (Å²) in [6.45, 7) is 0. The minimum Gasteiger partial charge on any atom is -0.289 e. The normalized spacial score (nSPS) is 10.4. The van der Waals surface area contributed by atoms with Crippen LogP contribution < -0.4 is 0 Å². The van der Waals surface area contributed by atoms with Crippen LogP contribution in [0.25, 0.3) is 0 Å². The lowest BCUT2D eigenvalue weighted by molar-refractivity contribution is 0.103. The second-order valence-corrected chi connectivity index (χ2v) is 5.12. The van der Waals surface area contributed by atoms with Crippen molar-refractivity contribution in [2.24, 2.45) is 0 Å². The molecule has 0 fully saturated rings. The fraction of sp³-hybridized carbons (Fsp3) is 0.0714. The topological polar surface area (TPSA) is 17.1 Å². The molecular weight excluding hydrogens is 335 g/mol. The average Bonchev–Trinajstić information content (AvgIpc) is 2.38. The summed E-state index contributed by atoms with van der Waals surface area (Å²) in [7, 11) is 0. The highest BCUT2D eigenvalue weighted by Crippen LogP contribution is 2.24. The van der Waals surface area contributed by atoms with Crippen molar-refractivity contribution in [1.29, 1.82) is 0 Å². The van der Waals surface area contributed by atoms with Crippen molar-refractivity contribution in [3.63, 3.8) is 0 Å². The van der Waals surface area contributed by atoms with Crippen molar-refractivity contribution in [2.75, 3.05) is 0 Å². The van der Waals surface area contributed by atoms with Crippen LogP contribution in [0.1, 0.15) is 21.5 Å². The Morgan fingerprint density at radius 1 is 1.06 bits per heavy atom. The van der Waals surface area contributed by atoms with E-state index in [0.29, 0.717) is 26.5 Å². The van der Waals surface area contributed by atoms with Gasteiger partial charge >= 0.3 is 0 Å². The zero-order valence-electron chi connectivity index (χ0n) is 9.29. The van der Waals surface area contributed by atoms with Gasteiger partial charge in [-0.2, -0.15) is 0 Å². The molecule has 92 valence electrons. The van der Waals surface area contributed by atoms with Gasteiger partial charge in [-0.15, -0.1) is 0 Å². The second kappa shape index (κ2) is 5.87. The maximum atomic E-state index is 12.3. The summed E-state index contributed by atoms with van der Waals surface area (Å²) in [6, 6.07) is 12.2. The van der Waals surface area contributed by atoms with E-state index in [4.69, 9.17) is 23.2 Å². The number of halogens is 3. The monoisotopic (exact) mass is 342 g/mol. The van der Waals surface area contributed by atoms with Crippen LogP contribution in [-0.2, 0) is 5.33 Å². The van der Waals surface area contributed by atoms with Crippen LogP contribution in [-0.4, -0.2) is 5.78 Å². The van der Waals surface area contributed by atoms with E-state index >= 15 is 0 Å². The molecule has 0 bridgehead atoms. The van der Waals surface area contributed by atoms with Crippen molar-refractivity contribution in [1.82, 2.24) is 0 Å². The number of benzene rings is 2. The highest BCUT2D eigenvalue weighted by molar-refractivity contribution is 9.08. The highest BCUT2D eigenvalue weighted by Gasteiger charge is 2.13. The standard InChI is InChI=1S/C14H9BrCl2O/c15-8-10-6-5-9(7-13(10)17)14(18)11-3-1-2-4-12(11)16/h1-7H,8H2. The molecule has 0 N–H and O–H groups in total. The molecule has 0 radical (unpaired) electrons. The lowest BCUT2D eigenvalue weighted by Gasteiger charge is -2.06. The van der Waals surface area contributed by atoms with Gasteiger partial charge in [-0.3, -0.25) is 4.79 Å². The fourth-order valence-electron chi connectivity index (χ4n) is 1.60. The number of alkyl halides is 1. The third-order valence-electron chi connectivity index (χ3n) is 2.58. The van der Waals surface area contributed by atoms with Gasteiger partial charge in [-0.25, -0.2) is 0 Å². The number of carbonyl (C=O) groups is 1. The highest BCUT2D eigenvalue weighted by atomic mass is 79.9.